The molecule has 0 aliphatic rings. The smallest absolute Gasteiger partial charge is 0.174 e. The van der Waals surface area contributed by atoms with E-state index in [-0.39, 0.29) is 15.3 Å². The molecule has 15 heavy (non-hydrogen) atoms. The maximum absolute atomic E-state index is 5.81. The summed E-state index contributed by atoms with van der Waals surface area (Å²) in [7, 11) is 0. The Bertz CT molecular complexity index is 489. The van der Waals surface area contributed by atoms with E-state index in [4.69, 9.17) is 34.8 Å². The number of thiazole rings is 1. The van der Waals surface area contributed by atoms with Crippen molar-refractivity contribution in [1.29, 1.82) is 0 Å². The average Bonchev–Trinajstić information content (AvgIpc) is 2.60. The van der Waals surface area contributed by atoms with Crippen LogP contribution in [0.3, 0.4) is 0 Å². The van der Waals surface area contributed by atoms with Crippen LogP contribution >= 0.6 is 46.1 Å². The third kappa shape index (κ3) is 2.08. The van der Waals surface area contributed by atoms with Gasteiger partial charge in [0.1, 0.15) is 5.02 Å². The topological polar surface area (TPSA) is 38.7 Å². The normalized spacial score (nSPS) is 10.7. The SMILES string of the molecule is Cc1ncsc1-c1nc(Cl)c(Cl)c(Cl)n1. The largest absolute Gasteiger partial charge is 0.249 e. The van der Waals surface area contributed by atoms with E-state index in [9.17, 15) is 0 Å². The molecule has 3 nitrogen and oxygen atoms in total. The predicted molar refractivity (Wildman–Crippen MR) is 62.9 cm³/mol. The lowest BCUT2D eigenvalue weighted by Gasteiger charge is -2.01. The first-order valence-electron chi connectivity index (χ1n) is 3.88. The van der Waals surface area contributed by atoms with E-state index in [0.29, 0.717) is 5.82 Å². The van der Waals surface area contributed by atoms with Gasteiger partial charge in [-0.3, -0.25) is 0 Å². The fourth-order valence-electron chi connectivity index (χ4n) is 1.01. The molecule has 78 valence electrons. The molecule has 2 rings (SSSR count). The van der Waals surface area contributed by atoms with Crippen molar-refractivity contribution >= 4 is 46.1 Å². The lowest BCUT2D eigenvalue weighted by atomic mass is 10.4. The van der Waals surface area contributed by atoms with E-state index in [1.165, 1.54) is 11.3 Å². The summed E-state index contributed by atoms with van der Waals surface area (Å²) in [5.41, 5.74) is 2.55. The summed E-state index contributed by atoms with van der Waals surface area (Å²) >= 11 is 18.8. The van der Waals surface area contributed by atoms with E-state index in [1.807, 2.05) is 6.92 Å². The van der Waals surface area contributed by atoms with Crippen molar-refractivity contribution < 1.29 is 0 Å². The molecule has 0 N–H and O–H groups in total. The van der Waals surface area contributed by atoms with E-state index in [0.717, 1.165) is 10.6 Å². The minimum atomic E-state index is 0.152. The van der Waals surface area contributed by atoms with Crippen LogP contribution in [0.1, 0.15) is 5.69 Å². The quantitative estimate of drug-likeness (QED) is 0.744. The molecule has 7 heteroatoms. The van der Waals surface area contributed by atoms with Crippen molar-refractivity contribution in [2.45, 2.75) is 6.92 Å². The molecule has 0 aliphatic carbocycles. The zero-order chi connectivity index (χ0) is 11.0. The third-order valence-electron chi connectivity index (χ3n) is 1.72. The summed E-state index contributed by atoms with van der Waals surface area (Å²) in [6.45, 7) is 1.87. The molecule has 0 aromatic carbocycles. The van der Waals surface area contributed by atoms with E-state index in [1.54, 1.807) is 5.51 Å². The fraction of sp³-hybridized carbons (Fsp3) is 0.125. The van der Waals surface area contributed by atoms with Gasteiger partial charge in [0.2, 0.25) is 0 Å². The first kappa shape index (κ1) is 11.1. The van der Waals surface area contributed by atoms with Crippen molar-refractivity contribution in [3.63, 3.8) is 0 Å². The van der Waals surface area contributed by atoms with Crippen molar-refractivity contribution in [1.82, 2.24) is 15.0 Å². The maximum Gasteiger partial charge on any atom is 0.174 e. The Balaban J connectivity index is 2.60. The number of hydrogen-bond donors (Lipinski definition) is 0. The van der Waals surface area contributed by atoms with Crippen LogP contribution in [-0.2, 0) is 0 Å². The number of aromatic nitrogens is 3. The summed E-state index contributed by atoms with van der Waals surface area (Å²) in [5.74, 6) is 0.453. The standard InChI is InChI=1S/C8H4Cl3N3S/c1-3-5(15-2-12-3)8-13-6(10)4(9)7(11)14-8/h2H,1H3. The lowest BCUT2D eigenvalue weighted by molar-refractivity contribution is 1.16. The number of aryl methyl sites for hydroxylation is 1. The van der Waals surface area contributed by atoms with Crippen LogP contribution in [0.25, 0.3) is 10.7 Å². The average molecular weight is 281 g/mol. The second-order valence-electron chi connectivity index (χ2n) is 2.71. The fourth-order valence-corrected chi connectivity index (χ4v) is 2.22. The molecular weight excluding hydrogens is 277 g/mol. The highest BCUT2D eigenvalue weighted by atomic mass is 35.5. The third-order valence-corrected chi connectivity index (χ3v) is 3.74. The van der Waals surface area contributed by atoms with Crippen LogP contribution in [0.5, 0.6) is 0 Å². The van der Waals surface area contributed by atoms with Crippen LogP contribution in [0.15, 0.2) is 5.51 Å². The van der Waals surface area contributed by atoms with Gasteiger partial charge in [-0.2, -0.15) is 0 Å². The van der Waals surface area contributed by atoms with Gasteiger partial charge < -0.3 is 0 Å². The van der Waals surface area contributed by atoms with Gasteiger partial charge >= 0.3 is 0 Å². The van der Waals surface area contributed by atoms with Crippen molar-refractivity contribution in [3.8, 4) is 10.7 Å². The highest BCUT2D eigenvalue weighted by molar-refractivity contribution is 7.13. The van der Waals surface area contributed by atoms with Crippen molar-refractivity contribution in [2.24, 2.45) is 0 Å². The molecule has 0 bridgehead atoms. The van der Waals surface area contributed by atoms with Crippen LogP contribution in [0, 0.1) is 6.92 Å². The zero-order valence-electron chi connectivity index (χ0n) is 7.46. The van der Waals surface area contributed by atoms with Crippen LogP contribution in [-0.4, -0.2) is 15.0 Å². The zero-order valence-corrected chi connectivity index (χ0v) is 10.5. The molecule has 0 amide bonds. The maximum atomic E-state index is 5.81. The second-order valence-corrected chi connectivity index (χ2v) is 4.66. The molecule has 0 radical (unpaired) electrons. The molecule has 0 saturated heterocycles. The first-order chi connectivity index (χ1) is 7.09. The van der Waals surface area contributed by atoms with Crippen LogP contribution in [0.2, 0.25) is 15.3 Å². The summed E-state index contributed by atoms with van der Waals surface area (Å²) in [5, 5.41) is 0.475. The lowest BCUT2D eigenvalue weighted by Crippen LogP contribution is -1.91. The molecule has 2 heterocycles. The Hall–Kier alpha value is -0.420. The monoisotopic (exact) mass is 279 g/mol. The Morgan fingerprint density at radius 1 is 1.13 bits per heavy atom. The molecule has 2 aromatic heterocycles. The number of hydrogen-bond acceptors (Lipinski definition) is 4. The van der Waals surface area contributed by atoms with Gasteiger partial charge in [-0.1, -0.05) is 34.8 Å². The van der Waals surface area contributed by atoms with Crippen LogP contribution < -0.4 is 0 Å². The second kappa shape index (κ2) is 4.22. The molecule has 0 fully saturated rings. The molecule has 0 unspecified atom stereocenters. The van der Waals surface area contributed by atoms with Gasteiger partial charge in [0, 0.05) is 0 Å². The number of nitrogens with zero attached hydrogens (tertiary/aromatic N) is 3. The minimum absolute atomic E-state index is 0.152. The molecule has 0 atom stereocenters. The van der Waals surface area contributed by atoms with E-state index >= 15 is 0 Å². The van der Waals surface area contributed by atoms with Gasteiger partial charge in [0.15, 0.2) is 16.1 Å². The Morgan fingerprint density at radius 3 is 2.20 bits per heavy atom. The first-order valence-corrected chi connectivity index (χ1v) is 5.90. The van der Waals surface area contributed by atoms with Crippen LogP contribution in [0.4, 0.5) is 0 Å². The minimum Gasteiger partial charge on any atom is -0.249 e. The van der Waals surface area contributed by atoms with Gasteiger partial charge in [-0.05, 0) is 6.92 Å². The highest BCUT2D eigenvalue weighted by Gasteiger charge is 2.13. The summed E-state index contributed by atoms with van der Waals surface area (Å²) in [6.07, 6.45) is 0. The molecule has 2 aromatic rings. The Morgan fingerprint density at radius 2 is 1.73 bits per heavy atom. The highest BCUT2D eigenvalue weighted by Crippen LogP contribution is 2.31. The number of halogens is 3. The Labute approximate surface area is 105 Å². The molecule has 0 saturated carbocycles. The van der Waals surface area contributed by atoms with E-state index < -0.39 is 0 Å². The molecular formula is C8H4Cl3N3S. The van der Waals surface area contributed by atoms with Gasteiger partial charge in [-0.15, -0.1) is 11.3 Å². The van der Waals surface area contributed by atoms with Crippen molar-refractivity contribution in [2.75, 3.05) is 0 Å². The van der Waals surface area contributed by atoms with Gasteiger partial charge in [0.25, 0.3) is 0 Å². The summed E-state index contributed by atoms with van der Waals surface area (Å²) in [6, 6.07) is 0. The summed E-state index contributed by atoms with van der Waals surface area (Å²) in [4.78, 5) is 13.0. The molecule has 0 spiro atoms. The van der Waals surface area contributed by atoms with Crippen molar-refractivity contribution in [3.05, 3.63) is 26.5 Å². The summed E-state index contributed by atoms with van der Waals surface area (Å²) < 4.78 is 0. The van der Waals surface area contributed by atoms with Gasteiger partial charge in [-0.25, -0.2) is 15.0 Å². The van der Waals surface area contributed by atoms with E-state index in [2.05, 4.69) is 15.0 Å². The number of rotatable bonds is 1. The predicted octanol–water partition coefficient (Wildman–Crippen LogP) is 3.87. The van der Waals surface area contributed by atoms with Gasteiger partial charge in [0.05, 0.1) is 16.1 Å². The Kier molecular flexibility index (Phi) is 3.11. The molecule has 0 aliphatic heterocycles.